The fourth-order valence-corrected chi connectivity index (χ4v) is 0.911. The Morgan fingerprint density at radius 3 is 2.73 bits per heavy atom. The van der Waals surface area contributed by atoms with Crippen molar-refractivity contribution in [3.8, 4) is 6.07 Å². The molecule has 1 aromatic heterocycles. The first kappa shape index (κ1) is 11.0. The van der Waals surface area contributed by atoms with Gasteiger partial charge in [-0.2, -0.15) is 18.4 Å². The molecule has 4 nitrogen and oxygen atoms in total. The van der Waals surface area contributed by atoms with Crippen LogP contribution in [-0.2, 0) is 6.18 Å². The van der Waals surface area contributed by atoms with Crippen molar-refractivity contribution in [1.29, 1.82) is 5.26 Å². The quantitative estimate of drug-likeness (QED) is 0.718. The Morgan fingerprint density at radius 1 is 1.53 bits per heavy atom. The highest BCUT2D eigenvalue weighted by atomic mass is 19.4. The normalized spacial score (nSPS) is 11.6. The van der Waals surface area contributed by atoms with Gasteiger partial charge in [0.25, 0.3) is 5.56 Å². The zero-order valence-corrected chi connectivity index (χ0v) is 7.17. The van der Waals surface area contributed by atoms with Gasteiger partial charge in [-0.15, -0.1) is 0 Å². The van der Waals surface area contributed by atoms with Crippen molar-refractivity contribution in [3.05, 3.63) is 34.0 Å². The first-order valence-corrected chi connectivity index (χ1v) is 3.68. The molecule has 7 heteroatoms. The lowest BCUT2D eigenvalue weighted by molar-refractivity contribution is -0.141. The maximum atomic E-state index is 12.3. The van der Waals surface area contributed by atoms with Gasteiger partial charge in [-0.05, 0) is 6.08 Å². The lowest BCUT2D eigenvalue weighted by atomic mass is 10.2. The molecule has 0 fully saturated rings. The average molecular weight is 215 g/mol. The third-order valence-corrected chi connectivity index (χ3v) is 1.48. The van der Waals surface area contributed by atoms with Gasteiger partial charge in [-0.1, -0.05) is 0 Å². The standard InChI is InChI=1S/C8H4F3N3O/c9-8(10,11)6-5(2-1-3-12)7(15)14-4-13-6/h1-2,4H,(H,13,14,15). The van der Waals surface area contributed by atoms with Crippen molar-refractivity contribution in [2.24, 2.45) is 0 Å². The molecule has 1 rings (SSSR count). The molecule has 1 aromatic rings. The third kappa shape index (κ3) is 2.43. The van der Waals surface area contributed by atoms with Gasteiger partial charge >= 0.3 is 6.18 Å². The summed E-state index contributed by atoms with van der Waals surface area (Å²) in [5.41, 5.74) is -2.92. The monoisotopic (exact) mass is 215 g/mol. The summed E-state index contributed by atoms with van der Waals surface area (Å²) in [5.74, 6) is 0. The molecule has 1 N–H and O–H groups in total. The summed E-state index contributed by atoms with van der Waals surface area (Å²) in [6.45, 7) is 0. The van der Waals surface area contributed by atoms with E-state index < -0.39 is 23.0 Å². The number of hydrogen-bond donors (Lipinski definition) is 1. The van der Waals surface area contributed by atoms with Gasteiger partial charge < -0.3 is 4.98 Å². The minimum atomic E-state index is -4.72. The summed E-state index contributed by atoms with van der Waals surface area (Å²) in [6.07, 6.45) is -2.51. The van der Waals surface area contributed by atoms with Crippen molar-refractivity contribution in [2.45, 2.75) is 6.18 Å². The van der Waals surface area contributed by atoms with Gasteiger partial charge in [0.05, 0.1) is 18.0 Å². The second kappa shape index (κ2) is 3.96. The molecule has 0 aromatic carbocycles. The molecule has 0 amide bonds. The predicted octanol–water partition coefficient (Wildman–Crippen LogP) is 1.33. The van der Waals surface area contributed by atoms with Crippen molar-refractivity contribution in [3.63, 3.8) is 0 Å². The number of hydrogen-bond acceptors (Lipinski definition) is 3. The van der Waals surface area contributed by atoms with E-state index in [1.165, 1.54) is 6.07 Å². The fourth-order valence-electron chi connectivity index (χ4n) is 0.911. The second-order valence-corrected chi connectivity index (χ2v) is 2.45. The highest BCUT2D eigenvalue weighted by Crippen LogP contribution is 2.28. The number of H-pyrrole nitrogens is 1. The van der Waals surface area contributed by atoms with Gasteiger partial charge in [-0.3, -0.25) is 4.79 Å². The third-order valence-electron chi connectivity index (χ3n) is 1.48. The molecular weight excluding hydrogens is 211 g/mol. The topological polar surface area (TPSA) is 69.5 Å². The van der Waals surface area contributed by atoms with Crippen LogP contribution in [0, 0.1) is 11.3 Å². The molecule has 0 spiro atoms. The van der Waals surface area contributed by atoms with Crippen molar-refractivity contribution >= 4 is 6.08 Å². The molecule has 0 aliphatic carbocycles. The van der Waals surface area contributed by atoms with E-state index in [1.807, 2.05) is 4.98 Å². The van der Waals surface area contributed by atoms with Gasteiger partial charge in [0.15, 0.2) is 5.69 Å². The molecule has 0 saturated heterocycles. The SMILES string of the molecule is N#CC=Cc1c(C(F)(F)F)nc[nH]c1=O. The molecule has 0 atom stereocenters. The Hall–Kier alpha value is -2.10. The van der Waals surface area contributed by atoms with E-state index in [9.17, 15) is 18.0 Å². The van der Waals surface area contributed by atoms with Gasteiger partial charge in [-0.25, -0.2) is 4.98 Å². The van der Waals surface area contributed by atoms with Crippen LogP contribution in [0.2, 0.25) is 0 Å². The summed E-state index contributed by atoms with van der Waals surface area (Å²) in [4.78, 5) is 16.1. The van der Waals surface area contributed by atoms with Crippen LogP contribution >= 0.6 is 0 Å². The zero-order valence-electron chi connectivity index (χ0n) is 7.17. The first-order chi connectivity index (χ1) is 6.96. The van der Waals surface area contributed by atoms with Crippen LogP contribution in [0.1, 0.15) is 11.3 Å². The highest BCUT2D eigenvalue weighted by molar-refractivity contribution is 5.53. The number of allylic oxidation sites excluding steroid dienone is 1. The molecular formula is C8H4F3N3O. The van der Waals surface area contributed by atoms with E-state index in [1.54, 1.807) is 0 Å². The van der Waals surface area contributed by atoms with E-state index in [-0.39, 0.29) is 0 Å². The summed E-state index contributed by atoms with van der Waals surface area (Å²) in [6, 6.07) is 1.49. The van der Waals surface area contributed by atoms with Crippen LogP contribution in [0.3, 0.4) is 0 Å². The minimum Gasteiger partial charge on any atom is -0.313 e. The highest BCUT2D eigenvalue weighted by Gasteiger charge is 2.35. The number of alkyl halides is 3. The minimum absolute atomic E-state index is 0.662. The largest absolute Gasteiger partial charge is 0.434 e. The summed E-state index contributed by atoms with van der Waals surface area (Å²) >= 11 is 0. The molecule has 0 aliphatic heterocycles. The molecule has 15 heavy (non-hydrogen) atoms. The Labute approximate surface area is 81.7 Å². The fraction of sp³-hybridized carbons (Fsp3) is 0.125. The van der Waals surface area contributed by atoms with E-state index in [2.05, 4.69) is 4.98 Å². The molecule has 0 saturated carbocycles. The van der Waals surface area contributed by atoms with Crippen molar-refractivity contribution in [1.82, 2.24) is 9.97 Å². The smallest absolute Gasteiger partial charge is 0.313 e. The lowest BCUT2D eigenvalue weighted by Crippen LogP contribution is -2.19. The molecule has 1 heterocycles. The molecule has 78 valence electrons. The lowest BCUT2D eigenvalue weighted by Gasteiger charge is -2.06. The van der Waals surface area contributed by atoms with Crippen LogP contribution in [0.15, 0.2) is 17.2 Å². The maximum Gasteiger partial charge on any atom is 0.434 e. The average Bonchev–Trinajstić information content (AvgIpc) is 2.14. The first-order valence-electron chi connectivity index (χ1n) is 3.68. The molecule has 0 unspecified atom stereocenters. The van der Waals surface area contributed by atoms with Crippen LogP contribution in [0.5, 0.6) is 0 Å². The molecule has 0 bridgehead atoms. The van der Waals surface area contributed by atoms with Crippen LogP contribution < -0.4 is 5.56 Å². The number of rotatable bonds is 1. The van der Waals surface area contributed by atoms with E-state index >= 15 is 0 Å². The molecule has 0 aliphatic rings. The number of halogens is 3. The van der Waals surface area contributed by atoms with Crippen molar-refractivity contribution < 1.29 is 13.2 Å². The zero-order chi connectivity index (χ0) is 11.5. The van der Waals surface area contributed by atoms with Gasteiger partial charge in [0.1, 0.15) is 0 Å². The number of nitriles is 1. The van der Waals surface area contributed by atoms with E-state index in [4.69, 9.17) is 5.26 Å². The maximum absolute atomic E-state index is 12.3. The number of aromatic nitrogens is 2. The Kier molecular flexibility index (Phi) is 2.90. The Bertz CT molecular complexity index is 481. The predicted molar refractivity (Wildman–Crippen MR) is 44.5 cm³/mol. The molecule has 0 radical (unpaired) electrons. The van der Waals surface area contributed by atoms with Gasteiger partial charge in [0, 0.05) is 6.08 Å². The summed E-state index contributed by atoms with van der Waals surface area (Å²) < 4.78 is 37.0. The Balaban J connectivity index is 3.42. The van der Waals surface area contributed by atoms with Crippen molar-refractivity contribution in [2.75, 3.05) is 0 Å². The number of aromatic amines is 1. The van der Waals surface area contributed by atoms with Gasteiger partial charge in [0.2, 0.25) is 0 Å². The Morgan fingerprint density at radius 2 is 2.20 bits per heavy atom. The number of nitrogens with one attached hydrogen (secondary N) is 1. The van der Waals surface area contributed by atoms with E-state index in [0.717, 1.165) is 12.2 Å². The van der Waals surface area contributed by atoms with Crippen LogP contribution in [0.25, 0.3) is 6.08 Å². The van der Waals surface area contributed by atoms with Crippen LogP contribution in [0.4, 0.5) is 13.2 Å². The van der Waals surface area contributed by atoms with Crippen LogP contribution in [-0.4, -0.2) is 9.97 Å². The summed E-state index contributed by atoms with van der Waals surface area (Å²) in [5, 5.41) is 8.16. The second-order valence-electron chi connectivity index (χ2n) is 2.45. The summed E-state index contributed by atoms with van der Waals surface area (Å²) in [7, 11) is 0. The number of nitrogens with zero attached hydrogens (tertiary/aromatic N) is 2. The van der Waals surface area contributed by atoms with E-state index in [0.29, 0.717) is 6.33 Å².